The summed E-state index contributed by atoms with van der Waals surface area (Å²) in [5.41, 5.74) is 1.63. The van der Waals surface area contributed by atoms with Crippen LogP contribution in [0.3, 0.4) is 0 Å². The van der Waals surface area contributed by atoms with Gasteiger partial charge in [0, 0.05) is 12.3 Å². The molecule has 0 bridgehead atoms. The Morgan fingerprint density at radius 1 is 1.19 bits per heavy atom. The average molecular weight is 385 g/mol. The Labute approximate surface area is 160 Å². The molecule has 1 aromatic carbocycles. The summed E-state index contributed by atoms with van der Waals surface area (Å²) in [5, 5.41) is 7.64. The van der Waals surface area contributed by atoms with Gasteiger partial charge >= 0.3 is 0 Å². The van der Waals surface area contributed by atoms with E-state index in [-0.39, 0.29) is 18.4 Å². The fraction of sp³-hybridized carbons (Fsp3) is 0.211. The maximum atomic E-state index is 12.0. The second-order valence-electron chi connectivity index (χ2n) is 5.74. The van der Waals surface area contributed by atoms with E-state index < -0.39 is 0 Å². The average Bonchev–Trinajstić information content (AvgIpc) is 3.30. The Balaban J connectivity index is 1.48. The number of anilines is 1. The lowest BCUT2D eigenvalue weighted by atomic mass is 10.2. The molecule has 8 heteroatoms. The molecule has 2 amide bonds. The van der Waals surface area contributed by atoms with Crippen LogP contribution >= 0.6 is 11.3 Å². The van der Waals surface area contributed by atoms with Crippen molar-refractivity contribution in [3.8, 4) is 11.5 Å². The van der Waals surface area contributed by atoms with Crippen molar-refractivity contribution in [2.45, 2.75) is 20.1 Å². The van der Waals surface area contributed by atoms with Gasteiger partial charge < -0.3 is 14.5 Å². The Hall–Kier alpha value is -2.97. The van der Waals surface area contributed by atoms with Crippen LogP contribution in [-0.4, -0.2) is 23.4 Å². The van der Waals surface area contributed by atoms with Gasteiger partial charge in [-0.3, -0.25) is 14.9 Å². The van der Waals surface area contributed by atoms with Crippen molar-refractivity contribution in [2.75, 3.05) is 11.9 Å². The zero-order valence-electron chi connectivity index (χ0n) is 14.7. The Morgan fingerprint density at radius 2 is 2.00 bits per heavy atom. The summed E-state index contributed by atoms with van der Waals surface area (Å²) >= 11 is 1.30. The second kappa shape index (κ2) is 9.11. The molecule has 2 heterocycles. The number of hydrogen-bond acceptors (Lipinski definition) is 6. The lowest BCUT2D eigenvalue weighted by Gasteiger charge is -2.04. The number of rotatable bonds is 8. The molecular weight excluding hydrogens is 366 g/mol. The largest absolute Gasteiger partial charge is 0.458 e. The first-order chi connectivity index (χ1) is 13.1. The normalized spacial score (nSPS) is 10.6. The highest BCUT2D eigenvalue weighted by Crippen LogP contribution is 2.26. The van der Waals surface area contributed by atoms with Gasteiger partial charge in [-0.25, -0.2) is 4.98 Å². The summed E-state index contributed by atoms with van der Waals surface area (Å²) in [7, 11) is 0. The summed E-state index contributed by atoms with van der Waals surface area (Å²) in [6.45, 7) is 2.09. The number of thiazole rings is 1. The molecule has 0 saturated carbocycles. The minimum atomic E-state index is -0.266. The highest BCUT2D eigenvalue weighted by molar-refractivity contribution is 7.14. The van der Waals surface area contributed by atoms with Crippen LogP contribution in [0.2, 0.25) is 0 Å². The Bertz CT molecular complexity index is 905. The highest BCUT2D eigenvalue weighted by atomic mass is 32.1. The number of ether oxygens (including phenoxy) is 1. The van der Waals surface area contributed by atoms with Crippen molar-refractivity contribution in [3.63, 3.8) is 0 Å². The number of carbonyl (C=O) groups is 2. The zero-order chi connectivity index (χ0) is 19.1. The van der Waals surface area contributed by atoms with Crippen LogP contribution in [0.5, 0.6) is 0 Å². The lowest BCUT2D eigenvalue weighted by molar-refractivity contribution is -0.121. The summed E-state index contributed by atoms with van der Waals surface area (Å²) in [5.74, 6) is 0.819. The number of amides is 2. The second-order valence-corrected chi connectivity index (χ2v) is 6.60. The van der Waals surface area contributed by atoms with Crippen LogP contribution in [0.4, 0.5) is 5.13 Å². The van der Waals surface area contributed by atoms with E-state index in [1.807, 2.05) is 30.3 Å². The van der Waals surface area contributed by atoms with Gasteiger partial charge in [-0.15, -0.1) is 11.3 Å². The fourth-order valence-corrected chi connectivity index (χ4v) is 2.97. The number of furan rings is 1. The predicted molar refractivity (Wildman–Crippen MR) is 102 cm³/mol. The van der Waals surface area contributed by atoms with Gasteiger partial charge in [-0.1, -0.05) is 30.3 Å². The number of hydrogen-bond donors (Lipinski definition) is 2. The molecule has 3 aromatic rings. The molecule has 2 aromatic heterocycles. The number of carbonyl (C=O) groups excluding carboxylic acids is 2. The minimum Gasteiger partial charge on any atom is -0.458 e. The van der Waals surface area contributed by atoms with Crippen LogP contribution in [0.1, 0.15) is 18.2 Å². The maximum Gasteiger partial charge on any atom is 0.252 e. The monoisotopic (exact) mass is 385 g/mol. The Morgan fingerprint density at radius 3 is 2.78 bits per heavy atom. The zero-order valence-corrected chi connectivity index (χ0v) is 15.5. The van der Waals surface area contributed by atoms with E-state index in [0.29, 0.717) is 35.5 Å². The first kappa shape index (κ1) is 18.8. The first-order valence-electron chi connectivity index (χ1n) is 8.31. The van der Waals surface area contributed by atoms with Gasteiger partial charge in [0.1, 0.15) is 18.1 Å². The summed E-state index contributed by atoms with van der Waals surface area (Å²) in [6, 6.07) is 13.2. The van der Waals surface area contributed by atoms with Gasteiger partial charge in [0.15, 0.2) is 10.9 Å². The van der Waals surface area contributed by atoms with E-state index in [4.69, 9.17) is 9.15 Å². The minimum absolute atomic E-state index is 0.0502. The van der Waals surface area contributed by atoms with E-state index in [1.165, 1.54) is 18.3 Å². The first-order valence-corrected chi connectivity index (χ1v) is 9.18. The van der Waals surface area contributed by atoms with Gasteiger partial charge in [0.2, 0.25) is 5.91 Å². The molecule has 0 spiro atoms. The SMILES string of the molecule is CC(=O)NCc1ccc(-c2csc(NC(=O)COCc3ccccc3)n2)o1. The van der Waals surface area contributed by atoms with Crippen molar-refractivity contribution < 1.29 is 18.7 Å². The summed E-state index contributed by atoms with van der Waals surface area (Å²) in [4.78, 5) is 27.3. The third kappa shape index (κ3) is 5.77. The van der Waals surface area contributed by atoms with Crippen molar-refractivity contribution in [2.24, 2.45) is 0 Å². The highest BCUT2D eigenvalue weighted by Gasteiger charge is 2.11. The van der Waals surface area contributed by atoms with Crippen LogP contribution in [-0.2, 0) is 27.5 Å². The molecule has 0 aliphatic carbocycles. The number of benzene rings is 1. The molecule has 0 atom stereocenters. The van der Waals surface area contributed by atoms with E-state index in [2.05, 4.69) is 15.6 Å². The molecule has 0 saturated heterocycles. The van der Waals surface area contributed by atoms with E-state index >= 15 is 0 Å². The molecule has 7 nitrogen and oxygen atoms in total. The quantitative estimate of drug-likeness (QED) is 0.621. The molecule has 0 unspecified atom stereocenters. The van der Waals surface area contributed by atoms with Crippen LogP contribution in [0.15, 0.2) is 52.3 Å². The van der Waals surface area contributed by atoms with Gasteiger partial charge in [-0.05, 0) is 17.7 Å². The smallest absolute Gasteiger partial charge is 0.252 e. The molecule has 27 heavy (non-hydrogen) atoms. The molecule has 0 aliphatic rings. The van der Waals surface area contributed by atoms with Crippen LogP contribution < -0.4 is 10.6 Å². The molecule has 3 rings (SSSR count). The van der Waals surface area contributed by atoms with Crippen molar-refractivity contribution in [3.05, 3.63) is 59.2 Å². The van der Waals surface area contributed by atoms with Crippen molar-refractivity contribution in [1.29, 1.82) is 0 Å². The third-order valence-corrected chi connectivity index (χ3v) is 4.28. The van der Waals surface area contributed by atoms with Crippen molar-refractivity contribution in [1.82, 2.24) is 10.3 Å². The molecular formula is C19H19N3O4S. The van der Waals surface area contributed by atoms with E-state index in [1.54, 1.807) is 17.5 Å². The fourth-order valence-electron chi connectivity index (χ4n) is 2.26. The topological polar surface area (TPSA) is 93.5 Å². The Kier molecular flexibility index (Phi) is 6.35. The number of aromatic nitrogens is 1. The standard InChI is InChI=1S/C19H19N3O4S/c1-13(23)20-9-15-7-8-17(26-15)16-12-27-19(21-16)22-18(24)11-25-10-14-5-3-2-4-6-14/h2-8,12H,9-11H2,1H3,(H,20,23)(H,21,22,24). The molecule has 0 radical (unpaired) electrons. The van der Waals surface area contributed by atoms with Crippen LogP contribution in [0.25, 0.3) is 11.5 Å². The summed E-state index contributed by atoms with van der Waals surface area (Å²) in [6.07, 6.45) is 0. The number of nitrogens with zero attached hydrogens (tertiary/aromatic N) is 1. The maximum absolute atomic E-state index is 12.0. The van der Waals surface area contributed by atoms with Gasteiger partial charge in [-0.2, -0.15) is 0 Å². The van der Waals surface area contributed by atoms with E-state index in [0.717, 1.165) is 5.56 Å². The molecule has 0 fully saturated rings. The lowest BCUT2D eigenvalue weighted by Crippen LogP contribution is -2.18. The predicted octanol–water partition coefficient (Wildman–Crippen LogP) is 3.19. The van der Waals surface area contributed by atoms with Gasteiger partial charge in [0.05, 0.1) is 13.2 Å². The molecule has 140 valence electrons. The van der Waals surface area contributed by atoms with E-state index in [9.17, 15) is 9.59 Å². The summed E-state index contributed by atoms with van der Waals surface area (Å²) < 4.78 is 11.1. The number of nitrogens with one attached hydrogen (secondary N) is 2. The van der Waals surface area contributed by atoms with Crippen LogP contribution in [0, 0.1) is 0 Å². The molecule has 2 N–H and O–H groups in total. The third-order valence-electron chi connectivity index (χ3n) is 3.52. The molecule has 0 aliphatic heterocycles. The van der Waals surface area contributed by atoms with Gasteiger partial charge in [0.25, 0.3) is 5.91 Å². The van der Waals surface area contributed by atoms with Crippen molar-refractivity contribution >= 4 is 28.3 Å².